The van der Waals surface area contributed by atoms with Crippen LogP contribution in [0.25, 0.3) is 10.9 Å². The summed E-state index contributed by atoms with van der Waals surface area (Å²) >= 11 is 0. The first-order chi connectivity index (χ1) is 6.31. The van der Waals surface area contributed by atoms with Crippen LogP contribution in [0, 0.1) is 18.3 Å². The zero-order valence-electron chi connectivity index (χ0n) is 7.46. The molecule has 1 aromatic carbocycles. The zero-order chi connectivity index (χ0) is 9.26. The molecule has 2 aromatic rings. The Hall–Kier alpha value is -1.75. The molecule has 0 atom stereocenters. The molecule has 0 aliphatic heterocycles. The summed E-state index contributed by atoms with van der Waals surface area (Å²) in [6.07, 6.45) is 2.39. The standard InChI is InChI=1S/C11H10N2/c1-8-2-3-11-10(6-8)9(4-5-12)7-13-11/h2-3,6-7,13H,4H2,1H3. The lowest BCUT2D eigenvalue weighted by Crippen LogP contribution is -1.78. The monoisotopic (exact) mass is 170 g/mol. The first kappa shape index (κ1) is 7.88. The van der Waals surface area contributed by atoms with Gasteiger partial charge in [-0.2, -0.15) is 5.26 Å². The van der Waals surface area contributed by atoms with E-state index >= 15 is 0 Å². The molecular weight excluding hydrogens is 160 g/mol. The Labute approximate surface area is 76.8 Å². The quantitative estimate of drug-likeness (QED) is 0.701. The summed E-state index contributed by atoms with van der Waals surface area (Å²) in [7, 11) is 0. The van der Waals surface area contributed by atoms with Crippen molar-refractivity contribution in [3.8, 4) is 6.07 Å². The van der Waals surface area contributed by atoms with Crippen molar-refractivity contribution in [1.82, 2.24) is 4.98 Å². The second-order valence-corrected chi connectivity index (χ2v) is 3.20. The second-order valence-electron chi connectivity index (χ2n) is 3.20. The molecule has 0 aliphatic rings. The van der Waals surface area contributed by atoms with E-state index in [1.807, 2.05) is 12.3 Å². The minimum Gasteiger partial charge on any atom is -0.361 e. The number of hydrogen-bond acceptors (Lipinski definition) is 1. The molecule has 1 aromatic heterocycles. The molecule has 2 heteroatoms. The van der Waals surface area contributed by atoms with Gasteiger partial charge in [0.1, 0.15) is 0 Å². The molecule has 0 unspecified atom stereocenters. The van der Waals surface area contributed by atoms with E-state index in [1.54, 1.807) is 0 Å². The van der Waals surface area contributed by atoms with Crippen LogP contribution in [0.2, 0.25) is 0 Å². The van der Waals surface area contributed by atoms with Crippen LogP contribution in [0.3, 0.4) is 0 Å². The van der Waals surface area contributed by atoms with Gasteiger partial charge in [0.05, 0.1) is 12.5 Å². The smallest absolute Gasteiger partial charge is 0.0670 e. The van der Waals surface area contributed by atoms with Crippen molar-refractivity contribution in [2.24, 2.45) is 0 Å². The lowest BCUT2D eigenvalue weighted by atomic mass is 10.1. The number of nitrogens with one attached hydrogen (secondary N) is 1. The Kier molecular flexibility index (Phi) is 1.79. The predicted octanol–water partition coefficient (Wildman–Crippen LogP) is 2.54. The normalized spacial score (nSPS) is 10.2. The number of hydrogen-bond donors (Lipinski definition) is 1. The number of rotatable bonds is 1. The van der Waals surface area contributed by atoms with Gasteiger partial charge in [0.15, 0.2) is 0 Å². The van der Waals surface area contributed by atoms with Crippen LogP contribution < -0.4 is 0 Å². The van der Waals surface area contributed by atoms with Gasteiger partial charge in [0.2, 0.25) is 0 Å². The zero-order valence-corrected chi connectivity index (χ0v) is 7.46. The van der Waals surface area contributed by atoms with Gasteiger partial charge in [0.25, 0.3) is 0 Å². The van der Waals surface area contributed by atoms with Gasteiger partial charge >= 0.3 is 0 Å². The van der Waals surface area contributed by atoms with Crippen molar-refractivity contribution in [3.63, 3.8) is 0 Å². The van der Waals surface area contributed by atoms with Crippen LogP contribution in [0.5, 0.6) is 0 Å². The van der Waals surface area contributed by atoms with Crippen LogP contribution in [0.4, 0.5) is 0 Å². The Morgan fingerprint density at radius 3 is 3.08 bits per heavy atom. The SMILES string of the molecule is Cc1ccc2[nH]cc(CC#N)c2c1. The number of nitrogens with zero attached hydrogens (tertiary/aromatic N) is 1. The highest BCUT2D eigenvalue weighted by Gasteiger charge is 2.02. The fraction of sp³-hybridized carbons (Fsp3) is 0.182. The van der Waals surface area contributed by atoms with Gasteiger partial charge in [-0.1, -0.05) is 11.6 Å². The van der Waals surface area contributed by atoms with E-state index in [0.29, 0.717) is 6.42 Å². The average molecular weight is 170 g/mol. The number of benzene rings is 1. The fourth-order valence-corrected chi connectivity index (χ4v) is 1.52. The van der Waals surface area contributed by atoms with Gasteiger partial charge < -0.3 is 4.98 Å². The van der Waals surface area contributed by atoms with Gasteiger partial charge in [-0.05, 0) is 24.6 Å². The Morgan fingerprint density at radius 1 is 1.46 bits per heavy atom. The molecule has 1 heterocycles. The summed E-state index contributed by atoms with van der Waals surface area (Å²) in [4.78, 5) is 3.15. The molecule has 0 radical (unpaired) electrons. The van der Waals surface area contributed by atoms with Crippen LogP contribution in [0.1, 0.15) is 11.1 Å². The van der Waals surface area contributed by atoms with Crippen molar-refractivity contribution in [2.75, 3.05) is 0 Å². The Balaban J connectivity index is 2.66. The van der Waals surface area contributed by atoms with Crippen molar-refractivity contribution in [1.29, 1.82) is 5.26 Å². The van der Waals surface area contributed by atoms with Crippen molar-refractivity contribution >= 4 is 10.9 Å². The van der Waals surface area contributed by atoms with Gasteiger partial charge in [0, 0.05) is 17.1 Å². The third kappa shape index (κ3) is 1.29. The third-order valence-electron chi connectivity index (χ3n) is 2.19. The van der Waals surface area contributed by atoms with Crippen LogP contribution in [0.15, 0.2) is 24.4 Å². The highest BCUT2D eigenvalue weighted by atomic mass is 14.7. The number of nitriles is 1. The summed E-state index contributed by atoms with van der Waals surface area (Å²) in [5.41, 5.74) is 3.42. The topological polar surface area (TPSA) is 39.6 Å². The molecule has 0 amide bonds. The molecular formula is C11H10N2. The molecule has 0 fully saturated rings. The van der Waals surface area contributed by atoms with Gasteiger partial charge in [-0.25, -0.2) is 0 Å². The van der Waals surface area contributed by atoms with E-state index in [2.05, 4.69) is 30.1 Å². The van der Waals surface area contributed by atoms with Crippen molar-refractivity contribution < 1.29 is 0 Å². The molecule has 0 spiro atoms. The van der Waals surface area contributed by atoms with Gasteiger partial charge in [-0.15, -0.1) is 0 Å². The molecule has 2 rings (SSSR count). The second kappa shape index (κ2) is 2.95. The lowest BCUT2D eigenvalue weighted by molar-refractivity contribution is 1.27. The van der Waals surface area contributed by atoms with Crippen molar-refractivity contribution in [3.05, 3.63) is 35.5 Å². The number of aromatic amines is 1. The molecule has 1 N–H and O–H groups in total. The predicted molar refractivity (Wildman–Crippen MR) is 52.4 cm³/mol. The number of fused-ring (bicyclic) bond motifs is 1. The molecule has 0 saturated heterocycles. The van der Waals surface area contributed by atoms with Crippen LogP contribution in [-0.4, -0.2) is 4.98 Å². The molecule has 64 valence electrons. The molecule has 2 nitrogen and oxygen atoms in total. The van der Waals surface area contributed by atoms with E-state index in [9.17, 15) is 0 Å². The Bertz CT molecular complexity index is 474. The third-order valence-corrected chi connectivity index (χ3v) is 2.19. The molecule has 0 saturated carbocycles. The van der Waals surface area contributed by atoms with E-state index in [1.165, 1.54) is 10.9 Å². The maximum Gasteiger partial charge on any atom is 0.0670 e. The summed E-state index contributed by atoms with van der Waals surface area (Å²) in [6.45, 7) is 2.06. The lowest BCUT2D eigenvalue weighted by Gasteiger charge is -1.94. The van der Waals surface area contributed by atoms with Gasteiger partial charge in [-0.3, -0.25) is 0 Å². The molecule has 0 bridgehead atoms. The van der Waals surface area contributed by atoms with Crippen LogP contribution in [-0.2, 0) is 6.42 Å². The average Bonchev–Trinajstić information content (AvgIpc) is 2.49. The first-order valence-electron chi connectivity index (χ1n) is 4.25. The van der Waals surface area contributed by atoms with E-state index in [4.69, 9.17) is 5.26 Å². The van der Waals surface area contributed by atoms with E-state index in [-0.39, 0.29) is 0 Å². The number of H-pyrrole nitrogens is 1. The highest BCUT2D eigenvalue weighted by molar-refractivity contribution is 5.84. The summed E-state index contributed by atoms with van der Waals surface area (Å²) in [5, 5.41) is 9.77. The van der Waals surface area contributed by atoms with Crippen molar-refractivity contribution in [2.45, 2.75) is 13.3 Å². The highest BCUT2D eigenvalue weighted by Crippen LogP contribution is 2.19. The summed E-state index contributed by atoms with van der Waals surface area (Å²) in [6, 6.07) is 8.38. The maximum atomic E-state index is 8.60. The summed E-state index contributed by atoms with van der Waals surface area (Å²) in [5.74, 6) is 0. The summed E-state index contributed by atoms with van der Waals surface area (Å²) < 4.78 is 0. The fourth-order valence-electron chi connectivity index (χ4n) is 1.52. The maximum absolute atomic E-state index is 8.60. The Morgan fingerprint density at radius 2 is 2.31 bits per heavy atom. The molecule has 0 aliphatic carbocycles. The van der Waals surface area contributed by atoms with E-state index in [0.717, 1.165) is 11.1 Å². The molecule has 13 heavy (non-hydrogen) atoms. The minimum atomic E-state index is 0.476. The number of aryl methyl sites for hydroxylation is 1. The number of aromatic nitrogens is 1. The minimum absolute atomic E-state index is 0.476. The van der Waals surface area contributed by atoms with Crippen LogP contribution >= 0.6 is 0 Å². The first-order valence-corrected chi connectivity index (χ1v) is 4.25. The largest absolute Gasteiger partial charge is 0.361 e. The van der Waals surface area contributed by atoms with E-state index < -0.39 is 0 Å².